The van der Waals surface area contributed by atoms with Crippen molar-refractivity contribution in [2.75, 3.05) is 46.2 Å². The number of unbranched alkanes of at least 4 members (excludes halogenated alkanes) is 4. The van der Waals surface area contributed by atoms with Crippen molar-refractivity contribution in [2.45, 2.75) is 114 Å². The van der Waals surface area contributed by atoms with Crippen molar-refractivity contribution in [1.82, 2.24) is 0 Å². The average Bonchev–Trinajstić information content (AvgIpc) is 3.05. The molecule has 8 heteroatoms. The molecule has 252 valence electrons. The molecule has 2 aliphatic heterocycles. The summed E-state index contributed by atoms with van der Waals surface area (Å²) in [5.41, 5.74) is 3.42. The molecule has 0 aromatic heterocycles. The zero-order valence-electron chi connectivity index (χ0n) is 27.9. The zero-order chi connectivity index (χ0) is 31.9. The van der Waals surface area contributed by atoms with E-state index < -0.39 is 0 Å². The number of benzene rings is 2. The molecule has 2 aromatic rings. The van der Waals surface area contributed by atoms with E-state index in [-0.39, 0.29) is 28.8 Å². The van der Waals surface area contributed by atoms with Crippen LogP contribution in [0.25, 0.3) is 0 Å². The molecule has 0 spiro atoms. The summed E-state index contributed by atoms with van der Waals surface area (Å²) in [6.45, 7) is 13.5. The first kappa shape index (κ1) is 36.4. The zero-order valence-corrected chi connectivity index (χ0v) is 29.5. The van der Waals surface area contributed by atoms with E-state index in [1.807, 2.05) is 23.9 Å². The number of rotatable bonds is 20. The van der Waals surface area contributed by atoms with Crippen LogP contribution in [0.15, 0.2) is 36.4 Å². The Kier molecular flexibility index (Phi) is 16.2. The minimum atomic E-state index is -0.187. The minimum Gasteiger partial charge on any atom is -0.486 e. The molecule has 2 heterocycles. The summed E-state index contributed by atoms with van der Waals surface area (Å²) in [4.78, 5) is 0. The van der Waals surface area contributed by atoms with Crippen LogP contribution in [0.3, 0.4) is 0 Å². The van der Waals surface area contributed by atoms with Gasteiger partial charge in [0.25, 0.3) is 0 Å². The molecule has 5 atom stereocenters. The van der Waals surface area contributed by atoms with Gasteiger partial charge in [0.1, 0.15) is 31.5 Å². The van der Waals surface area contributed by atoms with Gasteiger partial charge in [-0.1, -0.05) is 83.2 Å². The molecule has 0 amide bonds. The predicted molar refractivity (Wildman–Crippen MR) is 185 cm³/mol. The Balaban J connectivity index is 1.66. The van der Waals surface area contributed by atoms with Crippen LogP contribution < -0.4 is 9.47 Å². The van der Waals surface area contributed by atoms with Gasteiger partial charge in [-0.3, -0.25) is 0 Å². The molecule has 45 heavy (non-hydrogen) atoms. The molecular formula is C37H55ClO6S. The molecule has 0 saturated carbocycles. The first-order valence-corrected chi connectivity index (χ1v) is 18.7. The van der Waals surface area contributed by atoms with E-state index in [0.29, 0.717) is 46.1 Å². The number of thioether (sulfide) groups is 1. The quantitative estimate of drug-likeness (QED) is 0.131. The van der Waals surface area contributed by atoms with Crippen LogP contribution in [0.2, 0.25) is 5.02 Å². The normalized spacial score (nSPS) is 22.9. The second kappa shape index (κ2) is 20.0. The molecule has 0 unspecified atom stereocenters. The number of ether oxygens (including phenoxy) is 6. The Bertz CT molecular complexity index is 1130. The topological polar surface area (TPSA) is 55.4 Å². The molecule has 2 aliphatic rings. The van der Waals surface area contributed by atoms with Gasteiger partial charge < -0.3 is 28.4 Å². The summed E-state index contributed by atoms with van der Waals surface area (Å²) >= 11 is 8.77. The highest BCUT2D eigenvalue weighted by atomic mass is 35.5. The lowest BCUT2D eigenvalue weighted by Gasteiger charge is -2.46. The Hall–Kier alpha value is -1.48. The van der Waals surface area contributed by atoms with E-state index in [1.165, 1.54) is 5.56 Å². The van der Waals surface area contributed by atoms with E-state index in [2.05, 4.69) is 52.0 Å². The second-order valence-electron chi connectivity index (χ2n) is 12.1. The lowest BCUT2D eigenvalue weighted by atomic mass is 9.94. The summed E-state index contributed by atoms with van der Waals surface area (Å²) in [6.07, 6.45) is 8.73. The Morgan fingerprint density at radius 3 is 2.02 bits per heavy atom. The summed E-state index contributed by atoms with van der Waals surface area (Å²) in [7, 11) is 0. The van der Waals surface area contributed by atoms with Crippen molar-refractivity contribution in [3.05, 3.63) is 58.1 Å². The molecule has 0 radical (unpaired) electrons. The first-order chi connectivity index (χ1) is 22.1. The molecule has 1 fully saturated rings. The largest absolute Gasteiger partial charge is 0.486 e. The van der Waals surface area contributed by atoms with Crippen LogP contribution in [0.4, 0.5) is 0 Å². The molecule has 1 saturated heterocycles. The fourth-order valence-electron chi connectivity index (χ4n) is 5.75. The fourth-order valence-corrected chi connectivity index (χ4v) is 7.57. The van der Waals surface area contributed by atoms with E-state index in [1.54, 1.807) is 0 Å². The smallest absolute Gasteiger partial charge is 0.161 e. The SMILES string of the molecule is CCCCOC[C@H]1S[C@@H](c2ccc(Cl)c(Cc3ccc4c(c3)OCCO4)c2)[C@H](OCCCC)[C@@H](OCCCC)[C@@H]1OCCCC. The Morgan fingerprint density at radius 1 is 0.711 bits per heavy atom. The summed E-state index contributed by atoms with van der Waals surface area (Å²) < 4.78 is 38.1. The van der Waals surface area contributed by atoms with Gasteiger partial charge in [0, 0.05) is 31.5 Å². The second-order valence-corrected chi connectivity index (χ2v) is 13.9. The van der Waals surface area contributed by atoms with E-state index in [9.17, 15) is 0 Å². The van der Waals surface area contributed by atoms with Crippen LogP contribution in [-0.2, 0) is 25.4 Å². The Morgan fingerprint density at radius 2 is 1.33 bits per heavy atom. The van der Waals surface area contributed by atoms with Crippen LogP contribution in [-0.4, -0.2) is 69.8 Å². The van der Waals surface area contributed by atoms with Crippen LogP contribution in [0.1, 0.15) is 101 Å². The van der Waals surface area contributed by atoms with E-state index in [4.69, 9.17) is 40.0 Å². The third kappa shape index (κ3) is 10.8. The summed E-state index contributed by atoms with van der Waals surface area (Å²) in [5.74, 6) is 1.60. The van der Waals surface area contributed by atoms with Gasteiger partial charge in [-0.05, 0) is 67.0 Å². The van der Waals surface area contributed by atoms with Gasteiger partial charge in [0.15, 0.2) is 11.5 Å². The first-order valence-electron chi connectivity index (χ1n) is 17.3. The van der Waals surface area contributed by atoms with Gasteiger partial charge in [-0.15, -0.1) is 11.8 Å². The van der Waals surface area contributed by atoms with Crippen LogP contribution in [0, 0.1) is 0 Å². The number of hydrogen-bond acceptors (Lipinski definition) is 7. The average molecular weight is 663 g/mol. The Labute approximate surface area is 281 Å². The van der Waals surface area contributed by atoms with Crippen molar-refractivity contribution >= 4 is 23.4 Å². The molecule has 2 aromatic carbocycles. The monoisotopic (exact) mass is 662 g/mol. The number of hydrogen-bond donors (Lipinski definition) is 0. The fraction of sp³-hybridized carbons (Fsp3) is 0.676. The highest BCUT2D eigenvalue weighted by molar-refractivity contribution is 8.00. The van der Waals surface area contributed by atoms with Crippen LogP contribution in [0.5, 0.6) is 11.5 Å². The molecule has 0 bridgehead atoms. The summed E-state index contributed by atoms with van der Waals surface area (Å²) in [5, 5.41) is 0.933. The van der Waals surface area contributed by atoms with E-state index >= 15 is 0 Å². The van der Waals surface area contributed by atoms with Crippen LogP contribution >= 0.6 is 23.4 Å². The maximum atomic E-state index is 6.84. The van der Waals surface area contributed by atoms with E-state index in [0.717, 1.165) is 85.6 Å². The maximum absolute atomic E-state index is 6.84. The molecular weight excluding hydrogens is 608 g/mol. The van der Waals surface area contributed by atoms with Crippen molar-refractivity contribution in [2.24, 2.45) is 0 Å². The van der Waals surface area contributed by atoms with Crippen molar-refractivity contribution in [1.29, 1.82) is 0 Å². The van der Waals surface area contributed by atoms with Gasteiger partial charge in [0.05, 0.1) is 17.1 Å². The molecule has 4 rings (SSSR count). The number of halogens is 1. The predicted octanol–water partition coefficient (Wildman–Crippen LogP) is 9.23. The van der Waals surface area contributed by atoms with Gasteiger partial charge in [0.2, 0.25) is 0 Å². The summed E-state index contributed by atoms with van der Waals surface area (Å²) in [6, 6.07) is 12.6. The molecule has 0 N–H and O–H groups in total. The van der Waals surface area contributed by atoms with Gasteiger partial charge >= 0.3 is 0 Å². The van der Waals surface area contributed by atoms with Gasteiger partial charge in [-0.2, -0.15) is 0 Å². The van der Waals surface area contributed by atoms with Crippen molar-refractivity contribution in [3.8, 4) is 11.5 Å². The van der Waals surface area contributed by atoms with Crippen molar-refractivity contribution in [3.63, 3.8) is 0 Å². The van der Waals surface area contributed by atoms with Crippen molar-refractivity contribution < 1.29 is 28.4 Å². The third-order valence-corrected chi connectivity index (χ3v) is 10.3. The van der Waals surface area contributed by atoms with Gasteiger partial charge in [-0.25, -0.2) is 0 Å². The lowest BCUT2D eigenvalue weighted by molar-refractivity contribution is -0.149. The highest BCUT2D eigenvalue weighted by Gasteiger charge is 2.48. The lowest BCUT2D eigenvalue weighted by Crippen LogP contribution is -2.55. The molecule has 6 nitrogen and oxygen atoms in total. The minimum absolute atomic E-state index is 0.0514. The molecule has 0 aliphatic carbocycles. The highest BCUT2D eigenvalue weighted by Crippen LogP contribution is 2.47. The maximum Gasteiger partial charge on any atom is 0.161 e. The third-order valence-electron chi connectivity index (χ3n) is 8.38. The number of fused-ring (bicyclic) bond motifs is 1. The standard InChI is InChI=1S/C37H55ClO6S/c1-5-9-17-39-26-33-34(42-18-10-6-2)35(43-19-11-7-3)36(44-20-12-8-4)37(45-33)28-14-15-30(38)29(25-28)23-27-13-16-31-32(24-27)41-22-21-40-31/h13-16,24-25,33-37H,5-12,17-23,26H2,1-4H3/t33-,34-,35+,36-,37+/m1/s1.